The summed E-state index contributed by atoms with van der Waals surface area (Å²) in [5, 5.41) is 10.1. The van der Waals surface area contributed by atoms with Gasteiger partial charge in [-0.2, -0.15) is 0 Å². The number of likely N-dealkylation sites (N-methyl/N-ethyl adjacent to an activating group) is 1. The van der Waals surface area contributed by atoms with Crippen LogP contribution in [0.1, 0.15) is 71.3 Å². The van der Waals surface area contributed by atoms with Gasteiger partial charge in [-0.3, -0.25) is 19.7 Å². The van der Waals surface area contributed by atoms with Crippen molar-refractivity contribution in [3.05, 3.63) is 39.8 Å². The number of benzene rings is 1. The van der Waals surface area contributed by atoms with Gasteiger partial charge in [0.15, 0.2) is 5.16 Å². The summed E-state index contributed by atoms with van der Waals surface area (Å²) < 4.78 is 22.4. The van der Waals surface area contributed by atoms with Gasteiger partial charge < -0.3 is 20.3 Å². The smallest absolute Gasteiger partial charge is 0.251 e. The molecule has 1 saturated carbocycles. The number of anilines is 1. The number of rotatable bonds is 4. The van der Waals surface area contributed by atoms with Gasteiger partial charge in [-0.25, -0.2) is 9.38 Å². The van der Waals surface area contributed by atoms with Gasteiger partial charge in [0.1, 0.15) is 17.3 Å². The van der Waals surface area contributed by atoms with Crippen molar-refractivity contribution in [2.45, 2.75) is 94.9 Å². The molecule has 9 nitrogen and oxygen atoms in total. The number of nitrogens with zero attached hydrogens (tertiary/aromatic N) is 2. The number of amides is 3. The first-order valence-electron chi connectivity index (χ1n) is 15.8. The minimum Gasteiger partial charge on any atom is -0.366 e. The Morgan fingerprint density at radius 1 is 1.11 bits per heavy atom. The number of ether oxygens (including phenoxy) is 1. The zero-order valence-corrected chi connectivity index (χ0v) is 27.9. The summed E-state index contributed by atoms with van der Waals surface area (Å²) in [6.45, 7) is 6.34. The van der Waals surface area contributed by atoms with Gasteiger partial charge >= 0.3 is 0 Å². The maximum Gasteiger partial charge on any atom is 0.251 e. The minimum absolute atomic E-state index is 0.0394. The fourth-order valence-corrected chi connectivity index (χ4v) is 9.15. The molecule has 2 saturated heterocycles. The van der Waals surface area contributed by atoms with Gasteiger partial charge in [0.05, 0.1) is 18.7 Å². The SMILES string of the molecule is CN(C)C(=O)[C@@H]1CC[C@@H](NC(=O)[C@@H]2NC3(CCC(C)(C)CC3)[C@@]3(C(=O)Nc4cc(Cl)ccc43)[C@H]2C2(C)CC=NC(Cl)=C2F)CO1. The maximum absolute atomic E-state index is 16.5. The van der Waals surface area contributed by atoms with Crippen molar-refractivity contribution in [1.82, 2.24) is 15.5 Å². The summed E-state index contributed by atoms with van der Waals surface area (Å²) in [7, 11) is 3.37. The van der Waals surface area contributed by atoms with Crippen molar-refractivity contribution in [3.63, 3.8) is 0 Å². The van der Waals surface area contributed by atoms with Crippen molar-refractivity contribution >= 4 is 52.8 Å². The van der Waals surface area contributed by atoms with E-state index in [9.17, 15) is 14.4 Å². The maximum atomic E-state index is 16.5. The topological polar surface area (TPSA) is 112 Å². The molecule has 1 aromatic carbocycles. The highest BCUT2D eigenvalue weighted by Crippen LogP contribution is 2.66. The number of carbonyl (C=O) groups excluding carboxylic acids is 3. The van der Waals surface area contributed by atoms with Crippen LogP contribution in [-0.4, -0.2) is 73.3 Å². The molecule has 1 aliphatic carbocycles. The highest BCUT2D eigenvalue weighted by Gasteiger charge is 2.76. The first-order chi connectivity index (χ1) is 21.1. The number of hydrogen-bond donors (Lipinski definition) is 3. The van der Waals surface area contributed by atoms with Gasteiger partial charge in [-0.15, -0.1) is 0 Å². The molecule has 5 aliphatic rings. The van der Waals surface area contributed by atoms with E-state index in [-0.39, 0.29) is 47.4 Å². The summed E-state index contributed by atoms with van der Waals surface area (Å²) in [5.41, 5.74) is -2.18. The van der Waals surface area contributed by atoms with Crippen molar-refractivity contribution in [2.24, 2.45) is 21.7 Å². The summed E-state index contributed by atoms with van der Waals surface area (Å²) in [6.07, 6.45) is 5.03. The standard InChI is InChI=1S/C33H42Cl2FN5O4/c1-30(2)10-12-32(13-11-30)33(20-8-6-18(34)16-21(20)39-29(33)44)24(31(3)14-15-37-26(35)25(31)36)23(40-32)27(42)38-19-7-9-22(45-17-19)28(43)41(4)5/h6,8,15-16,19,22-24,40H,7,9-14,17H2,1-5H3,(H,38,42)(H,39,44)/t19-,22+,23-,24-,31?,33-/m1/s1. The van der Waals surface area contributed by atoms with Crippen molar-refractivity contribution in [1.29, 1.82) is 0 Å². The van der Waals surface area contributed by atoms with E-state index in [0.717, 1.165) is 12.8 Å². The Morgan fingerprint density at radius 2 is 1.82 bits per heavy atom. The average molecular weight is 663 g/mol. The Balaban J connectivity index is 1.45. The highest BCUT2D eigenvalue weighted by atomic mass is 35.5. The van der Waals surface area contributed by atoms with Crippen molar-refractivity contribution in [2.75, 3.05) is 26.0 Å². The van der Waals surface area contributed by atoms with E-state index in [0.29, 0.717) is 42.0 Å². The van der Waals surface area contributed by atoms with E-state index in [2.05, 4.69) is 34.8 Å². The quantitative estimate of drug-likeness (QED) is 0.390. The largest absolute Gasteiger partial charge is 0.366 e. The Kier molecular flexibility index (Phi) is 8.15. The van der Waals surface area contributed by atoms with Crippen LogP contribution >= 0.6 is 23.2 Å². The molecule has 45 heavy (non-hydrogen) atoms. The molecule has 3 N–H and O–H groups in total. The lowest BCUT2D eigenvalue weighted by Crippen LogP contribution is -2.63. The van der Waals surface area contributed by atoms with Gasteiger partial charge in [-0.05, 0) is 68.1 Å². The third-order valence-corrected chi connectivity index (χ3v) is 11.7. The zero-order chi connectivity index (χ0) is 32.5. The molecule has 0 aromatic heterocycles. The zero-order valence-electron chi connectivity index (χ0n) is 26.4. The molecular formula is C33H42Cl2FN5O4. The van der Waals surface area contributed by atoms with Crippen LogP contribution in [-0.2, 0) is 24.5 Å². The fourth-order valence-electron chi connectivity index (χ4n) is 8.69. The Hall–Kier alpha value is -2.53. The van der Waals surface area contributed by atoms with E-state index in [1.807, 2.05) is 6.07 Å². The second-order valence-electron chi connectivity index (χ2n) is 14.7. The minimum atomic E-state index is -1.34. The number of fused-ring (bicyclic) bond motifs is 3. The lowest BCUT2D eigenvalue weighted by Gasteiger charge is -2.52. The molecule has 3 fully saturated rings. The number of nitrogens with one attached hydrogen (secondary N) is 3. The van der Waals surface area contributed by atoms with Crippen LogP contribution in [0.3, 0.4) is 0 Å². The number of allylic oxidation sites excluding steroid dienone is 1. The van der Waals surface area contributed by atoms with Gasteiger partial charge in [-0.1, -0.05) is 50.0 Å². The molecule has 12 heteroatoms. The van der Waals surface area contributed by atoms with E-state index in [1.165, 1.54) is 4.90 Å². The summed E-state index contributed by atoms with van der Waals surface area (Å²) >= 11 is 12.8. The second-order valence-corrected chi connectivity index (χ2v) is 15.5. The van der Waals surface area contributed by atoms with Crippen LogP contribution in [0.15, 0.2) is 34.2 Å². The molecule has 6 atom stereocenters. The van der Waals surface area contributed by atoms with E-state index < -0.39 is 40.3 Å². The second kappa shape index (κ2) is 11.3. The van der Waals surface area contributed by atoms with Crippen LogP contribution in [0.5, 0.6) is 0 Å². The number of hydrogen-bond acceptors (Lipinski definition) is 6. The summed E-state index contributed by atoms with van der Waals surface area (Å²) in [6, 6.07) is 4.03. The van der Waals surface area contributed by atoms with Crippen LogP contribution in [0.25, 0.3) is 0 Å². The predicted octanol–water partition coefficient (Wildman–Crippen LogP) is 5.07. The van der Waals surface area contributed by atoms with Crippen LogP contribution < -0.4 is 16.0 Å². The molecular weight excluding hydrogens is 620 g/mol. The van der Waals surface area contributed by atoms with Gasteiger partial charge in [0.25, 0.3) is 5.91 Å². The van der Waals surface area contributed by atoms with Crippen molar-refractivity contribution in [3.8, 4) is 0 Å². The predicted molar refractivity (Wildman–Crippen MR) is 172 cm³/mol. The molecule has 1 aromatic rings. The van der Waals surface area contributed by atoms with E-state index in [1.54, 1.807) is 39.4 Å². The molecule has 1 unspecified atom stereocenters. The number of aliphatic imine (C=N–C) groups is 1. The van der Waals surface area contributed by atoms with Crippen molar-refractivity contribution < 1.29 is 23.5 Å². The molecule has 6 rings (SSSR count). The molecule has 0 radical (unpaired) electrons. The highest BCUT2D eigenvalue weighted by molar-refractivity contribution is 6.31. The van der Waals surface area contributed by atoms with Gasteiger partial charge in [0.2, 0.25) is 11.8 Å². The summed E-state index contributed by atoms with van der Waals surface area (Å²) in [5.74, 6) is -2.23. The lowest BCUT2D eigenvalue weighted by molar-refractivity contribution is -0.145. The molecule has 0 bridgehead atoms. The monoisotopic (exact) mass is 661 g/mol. The molecule has 4 heterocycles. The first-order valence-corrected chi connectivity index (χ1v) is 16.5. The Morgan fingerprint density at radius 3 is 2.47 bits per heavy atom. The van der Waals surface area contributed by atoms with Crippen LogP contribution in [0.4, 0.5) is 10.1 Å². The van der Waals surface area contributed by atoms with Crippen LogP contribution in [0, 0.1) is 16.7 Å². The first kappa shape index (κ1) is 32.4. The van der Waals surface area contributed by atoms with Gasteiger partial charge in [0, 0.05) is 47.9 Å². The van der Waals surface area contributed by atoms with E-state index >= 15 is 4.39 Å². The lowest BCUT2D eigenvalue weighted by atomic mass is 9.49. The molecule has 244 valence electrons. The Labute approximate surface area is 273 Å². The number of carbonyl (C=O) groups is 3. The van der Waals surface area contributed by atoms with E-state index in [4.69, 9.17) is 27.9 Å². The average Bonchev–Trinajstić information content (AvgIpc) is 3.45. The third-order valence-electron chi connectivity index (χ3n) is 11.2. The Bertz CT molecular complexity index is 1480. The van der Waals surface area contributed by atoms with Crippen LogP contribution in [0.2, 0.25) is 5.02 Å². The normalized spacial score (nSPS) is 35.0. The summed E-state index contributed by atoms with van der Waals surface area (Å²) in [4.78, 5) is 47.2. The number of halogens is 3. The molecule has 4 aliphatic heterocycles. The fraction of sp³-hybridized carbons (Fsp3) is 0.636. The molecule has 2 spiro atoms. The third kappa shape index (κ3) is 5.02. The molecule has 3 amide bonds.